The van der Waals surface area contributed by atoms with Gasteiger partial charge in [0.25, 0.3) is 5.91 Å². The van der Waals surface area contributed by atoms with Crippen LogP contribution in [-0.2, 0) is 4.79 Å². The van der Waals surface area contributed by atoms with E-state index in [-0.39, 0.29) is 17.9 Å². The van der Waals surface area contributed by atoms with Crippen LogP contribution in [0.1, 0.15) is 47.8 Å². The van der Waals surface area contributed by atoms with Crippen LogP contribution < -0.4 is 15.4 Å². The number of amides is 1. The molecule has 7 nitrogen and oxygen atoms in total. The van der Waals surface area contributed by atoms with E-state index in [0.717, 1.165) is 0 Å². The second kappa shape index (κ2) is 11.5. The molecule has 1 atom stereocenters. The van der Waals surface area contributed by atoms with E-state index >= 15 is 0 Å². The SMILES string of the molecule is O=C(NCCNC(O)c1ccc(Cl)cc1Cl)c1ccc(OC2CCC(C(=O)O)CC2)cc1. The topological polar surface area (TPSA) is 108 Å². The summed E-state index contributed by atoms with van der Waals surface area (Å²) in [6, 6.07) is 11.7. The summed E-state index contributed by atoms with van der Waals surface area (Å²) in [5.41, 5.74) is 1.00. The number of nitrogens with one attached hydrogen (secondary N) is 2. The Morgan fingerprint density at radius 1 is 1.03 bits per heavy atom. The van der Waals surface area contributed by atoms with Gasteiger partial charge in [0.05, 0.1) is 12.0 Å². The van der Waals surface area contributed by atoms with Crippen molar-refractivity contribution in [3.8, 4) is 5.75 Å². The lowest BCUT2D eigenvalue weighted by Crippen LogP contribution is -2.33. The molecule has 0 spiro atoms. The molecule has 9 heteroatoms. The van der Waals surface area contributed by atoms with Crippen LogP contribution in [0, 0.1) is 5.92 Å². The summed E-state index contributed by atoms with van der Waals surface area (Å²) in [7, 11) is 0. The molecule has 0 saturated heterocycles. The van der Waals surface area contributed by atoms with Crippen LogP contribution in [0.15, 0.2) is 42.5 Å². The maximum atomic E-state index is 12.3. The number of aliphatic carboxylic acids is 1. The lowest BCUT2D eigenvalue weighted by atomic mass is 9.87. The minimum Gasteiger partial charge on any atom is -0.490 e. The molecule has 4 N–H and O–H groups in total. The van der Waals surface area contributed by atoms with Crippen molar-refractivity contribution in [3.05, 3.63) is 63.6 Å². The average Bonchev–Trinajstić information content (AvgIpc) is 2.77. The van der Waals surface area contributed by atoms with Gasteiger partial charge in [-0.05, 0) is 62.1 Å². The van der Waals surface area contributed by atoms with Gasteiger partial charge >= 0.3 is 5.97 Å². The van der Waals surface area contributed by atoms with E-state index in [4.69, 9.17) is 33.0 Å². The van der Waals surface area contributed by atoms with Crippen molar-refractivity contribution < 1.29 is 24.5 Å². The van der Waals surface area contributed by atoms with E-state index in [1.807, 2.05) is 0 Å². The molecule has 0 heterocycles. The van der Waals surface area contributed by atoms with Crippen LogP contribution in [0.4, 0.5) is 0 Å². The minimum absolute atomic E-state index is 0.00285. The standard InChI is InChI=1S/C23H26Cl2N2O5/c24-16-5-10-19(20(25)13-16)22(29)27-12-11-26-21(28)14-1-6-17(7-2-14)32-18-8-3-15(4-9-18)23(30)31/h1-2,5-7,10,13,15,18,22,27,29H,3-4,8-9,11-12H2,(H,26,28)(H,30,31). The summed E-state index contributed by atoms with van der Waals surface area (Å²) >= 11 is 11.9. The molecule has 2 aromatic carbocycles. The van der Waals surface area contributed by atoms with Crippen molar-refractivity contribution in [2.75, 3.05) is 13.1 Å². The number of rotatable bonds is 9. The van der Waals surface area contributed by atoms with Crippen molar-refractivity contribution in [2.45, 2.75) is 38.0 Å². The highest BCUT2D eigenvalue weighted by atomic mass is 35.5. The van der Waals surface area contributed by atoms with Gasteiger partial charge in [0, 0.05) is 34.3 Å². The molecule has 1 aliphatic carbocycles. The molecule has 172 valence electrons. The monoisotopic (exact) mass is 480 g/mol. The van der Waals surface area contributed by atoms with Crippen molar-refractivity contribution in [1.29, 1.82) is 0 Å². The van der Waals surface area contributed by atoms with Crippen LogP contribution in [0.3, 0.4) is 0 Å². The molecular formula is C23H26Cl2N2O5. The predicted molar refractivity (Wildman–Crippen MR) is 122 cm³/mol. The zero-order valence-corrected chi connectivity index (χ0v) is 18.9. The lowest BCUT2D eigenvalue weighted by molar-refractivity contribution is -0.143. The summed E-state index contributed by atoms with van der Waals surface area (Å²) in [4.78, 5) is 23.4. The van der Waals surface area contributed by atoms with Crippen molar-refractivity contribution in [2.24, 2.45) is 5.92 Å². The third kappa shape index (κ3) is 6.84. The molecule has 0 bridgehead atoms. The Morgan fingerprint density at radius 2 is 1.72 bits per heavy atom. The Morgan fingerprint density at radius 3 is 2.34 bits per heavy atom. The quantitative estimate of drug-likeness (QED) is 0.318. The number of benzene rings is 2. The van der Waals surface area contributed by atoms with Crippen molar-refractivity contribution in [1.82, 2.24) is 10.6 Å². The fourth-order valence-electron chi connectivity index (χ4n) is 3.63. The number of halogens is 2. The van der Waals surface area contributed by atoms with Gasteiger partial charge in [-0.1, -0.05) is 29.3 Å². The molecule has 1 amide bonds. The maximum absolute atomic E-state index is 12.3. The number of carboxylic acid groups (broad SMARTS) is 1. The summed E-state index contributed by atoms with van der Waals surface area (Å²) in [5.74, 6) is -0.596. The van der Waals surface area contributed by atoms with Gasteiger partial charge in [-0.25, -0.2) is 0 Å². The number of ether oxygens (including phenoxy) is 1. The highest BCUT2D eigenvalue weighted by molar-refractivity contribution is 6.35. The largest absolute Gasteiger partial charge is 0.490 e. The van der Waals surface area contributed by atoms with Crippen molar-refractivity contribution in [3.63, 3.8) is 0 Å². The number of hydrogen-bond acceptors (Lipinski definition) is 5. The van der Waals surface area contributed by atoms with Crippen LogP contribution >= 0.6 is 23.2 Å². The van der Waals surface area contributed by atoms with Crippen LogP contribution in [0.25, 0.3) is 0 Å². The molecule has 0 aromatic heterocycles. The molecule has 1 saturated carbocycles. The highest BCUT2D eigenvalue weighted by Gasteiger charge is 2.26. The third-order valence-electron chi connectivity index (χ3n) is 5.45. The van der Waals surface area contributed by atoms with E-state index in [1.54, 1.807) is 42.5 Å². The first-order valence-electron chi connectivity index (χ1n) is 10.5. The van der Waals surface area contributed by atoms with Gasteiger partial charge < -0.3 is 20.3 Å². The second-order valence-electron chi connectivity index (χ2n) is 7.73. The third-order valence-corrected chi connectivity index (χ3v) is 6.01. The van der Waals surface area contributed by atoms with Crippen LogP contribution in [0.5, 0.6) is 5.75 Å². The average molecular weight is 481 g/mol. The van der Waals surface area contributed by atoms with Crippen molar-refractivity contribution >= 4 is 35.1 Å². The van der Waals surface area contributed by atoms with Crippen LogP contribution in [-0.4, -0.2) is 41.3 Å². The first kappa shape index (κ1) is 24.3. The molecule has 1 unspecified atom stereocenters. The van der Waals surface area contributed by atoms with E-state index in [9.17, 15) is 14.7 Å². The van der Waals surface area contributed by atoms with Gasteiger partial charge in [-0.3, -0.25) is 14.9 Å². The Bertz CT molecular complexity index is 930. The van der Waals surface area contributed by atoms with Gasteiger partial charge in [0.1, 0.15) is 12.0 Å². The fourth-order valence-corrected chi connectivity index (χ4v) is 4.14. The summed E-state index contributed by atoms with van der Waals surface area (Å²) in [6.07, 6.45) is 1.68. The second-order valence-corrected chi connectivity index (χ2v) is 8.58. The smallest absolute Gasteiger partial charge is 0.306 e. The molecule has 0 radical (unpaired) electrons. The first-order chi connectivity index (χ1) is 15.3. The zero-order chi connectivity index (χ0) is 23.1. The number of carboxylic acids is 1. The molecule has 0 aliphatic heterocycles. The van der Waals surface area contributed by atoms with Crippen LogP contribution in [0.2, 0.25) is 10.0 Å². The number of carbonyl (C=O) groups is 2. The normalized spacial score (nSPS) is 19.2. The molecule has 1 fully saturated rings. The molecular weight excluding hydrogens is 455 g/mol. The summed E-state index contributed by atoms with van der Waals surface area (Å²) < 4.78 is 5.92. The van der Waals surface area contributed by atoms with E-state index < -0.39 is 12.2 Å². The Labute approximate surface area is 196 Å². The first-order valence-corrected chi connectivity index (χ1v) is 11.2. The zero-order valence-electron chi connectivity index (χ0n) is 17.4. The Kier molecular flexibility index (Phi) is 8.75. The van der Waals surface area contributed by atoms with E-state index in [0.29, 0.717) is 65.7 Å². The highest BCUT2D eigenvalue weighted by Crippen LogP contribution is 2.28. The predicted octanol–water partition coefficient (Wildman–Crippen LogP) is 4.03. The number of hydrogen-bond donors (Lipinski definition) is 4. The fraction of sp³-hybridized carbons (Fsp3) is 0.391. The number of aliphatic hydroxyl groups excluding tert-OH is 1. The number of aliphatic hydroxyl groups is 1. The number of carbonyl (C=O) groups excluding carboxylic acids is 1. The van der Waals surface area contributed by atoms with Gasteiger partial charge in [-0.2, -0.15) is 0 Å². The lowest BCUT2D eigenvalue weighted by Gasteiger charge is -2.26. The van der Waals surface area contributed by atoms with E-state index in [1.165, 1.54) is 0 Å². The maximum Gasteiger partial charge on any atom is 0.306 e. The summed E-state index contributed by atoms with van der Waals surface area (Å²) in [6.45, 7) is 0.651. The molecule has 2 aromatic rings. The minimum atomic E-state index is -0.973. The molecule has 1 aliphatic rings. The van der Waals surface area contributed by atoms with Gasteiger partial charge in [0.15, 0.2) is 0 Å². The van der Waals surface area contributed by atoms with Gasteiger partial charge in [-0.15, -0.1) is 0 Å². The van der Waals surface area contributed by atoms with Gasteiger partial charge in [0.2, 0.25) is 0 Å². The Hall–Kier alpha value is -2.32. The van der Waals surface area contributed by atoms with E-state index in [2.05, 4.69) is 10.6 Å². The summed E-state index contributed by atoms with van der Waals surface area (Å²) in [5, 5.41) is 25.8. The molecule has 32 heavy (non-hydrogen) atoms. The Balaban J connectivity index is 1.39. The molecule has 3 rings (SSSR count).